The molecule has 4 nitrogen and oxygen atoms in total. The molecule has 0 saturated carbocycles. The summed E-state index contributed by atoms with van der Waals surface area (Å²) in [6.07, 6.45) is 2.39. The SMILES string of the molecule is CCc1cc(C#CCO)ccc1NC(=O)C1CCOCC1. The highest BCUT2D eigenvalue weighted by Gasteiger charge is 2.22. The van der Waals surface area contributed by atoms with Gasteiger partial charge in [-0.3, -0.25) is 4.79 Å². The summed E-state index contributed by atoms with van der Waals surface area (Å²) in [6, 6.07) is 5.71. The fourth-order valence-electron chi connectivity index (χ4n) is 2.42. The second kappa shape index (κ2) is 7.82. The maximum absolute atomic E-state index is 12.3. The number of carbonyl (C=O) groups excluding carboxylic acids is 1. The van der Waals surface area contributed by atoms with Gasteiger partial charge in [0.25, 0.3) is 0 Å². The van der Waals surface area contributed by atoms with Crippen LogP contribution in [-0.2, 0) is 16.0 Å². The number of hydrogen-bond donors (Lipinski definition) is 2. The molecule has 1 heterocycles. The quantitative estimate of drug-likeness (QED) is 0.836. The first kappa shape index (κ1) is 15.6. The van der Waals surface area contributed by atoms with E-state index in [1.54, 1.807) is 0 Å². The van der Waals surface area contributed by atoms with Crippen molar-refractivity contribution >= 4 is 11.6 Å². The molecule has 0 unspecified atom stereocenters. The highest BCUT2D eigenvalue weighted by atomic mass is 16.5. The molecule has 0 spiro atoms. The number of aliphatic hydroxyl groups is 1. The van der Waals surface area contributed by atoms with E-state index >= 15 is 0 Å². The van der Waals surface area contributed by atoms with Crippen LogP contribution in [0, 0.1) is 17.8 Å². The Morgan fingerprint density at radius 2 is 2.19 bits per heavy atom. The minimum atomic E-state index is -0.149. The molecule has 0 atom stereocenters. The molecule has 4 heteroatoms. The number of aryl methyl sites for hydroxylation is 1. The lowest BCUT2D eigenvalue weighted by Crippen LogP contribution is -2.28. The molecule has 0 aliphatic carbocycles. The van der Waals surface area contributed by atoms with E-state index in [0.29, 0.717) is 13.2 Å². The van der Waals surface area contributed by atoms with Gasteiger partial charge in [-0.25, -0.2) is 0 Å². The van der Waals surface area contributed by atoms with Crippen molar-refractivity contribution in [3.8, 4) is 11.8 Å². The first-order chi connectivity index (χ1) is 10.2. The van der Waals surface area contributed by atoms with E-state index in [9.17, 15) is 4.79 Å². The van der Waals surface area contributed by atoms with Crippen molar-refractivity contribution in [1.29, 1.82) is 0 Å². The van der Waals surface area contributed by atoms with Crippen LogP contribution in [0.2, 0.25) is 0 Å². The Labute approximate surface area is 125 Å². The predicted molar refractivity (Wildman–Crippen MR) is 82.0 cm³/mol. The number of anilines is 1. The van der Waals surface area contributed by atoms with Crippen LogP contribution in [0.5, 0.6) is 0 Å². The first-order valence-electron chi connectivity index (χ1n) is 7.36. The van der Waals surface area contributed by atoms with Crippen LogP contribution in [0.1, 0.15) is 30.9 Å². The Hall–Kier alpha value is -1.83. The largest absolute Gasteiger partial charge is 0.384 e. The summed E-state index contributed by atoms with van der Waals surface area (Å²) in [4.78, 5) is 12.3. The summed E-state index contributed by atoms with van der Waals surface area (Å²) in [7, 11) is 0. The third-order valence-corrected chi connectivity index (χ3v) is 3.65. The monoisotopic (exact) mass is 287 g/mol. The lowest BCUT2D eigenvalue weighted by Gasteiger charge is -2.22. The van der Waals surface area contributed by atoms with Crippen molar-refractivity contribution in [2.24, 2.45) is 5.92 Å². The van der Waals surface area contributed by atoms with Crippen molar-refractivity contribution in [1.82, 2.24) is 0 Å². The van der Waals surface area contributed by atoms with E-state index in [4.69, 9.17) is 9.84 Å². The molecule has 0 bridgehead atoms. The van der Waals surface area contributed by atoms with Crippen molar-refractivity contribution in [2.45, 2.75) is 26.2 Å². The molecule has 1 aliphatic rings. The van der Waals surface area contributed by atoms with Crippen LogP contribution >= 0.6 is 0 Å². The van der Waals surface area contributed by atoms with Crippen molar-refractivity contribution in [3.05, 3.63) is 29.3 Å². The van der Waals surface area contributed by atoms with Gasteiger partial charge < -0.3 is 15.2 Å². The number of amides is 1. The van der Waals surface area contributed by atoms with Crippen LogP contribution in [0.15, 0.2) is 18.2 Å². The second-order valence-corrected chi connectivity index (χ2v) is 5.06. The van der Waals surface area contributed by atoms with Gasteiger partial charge in [0.1, 0.15) is 6.61 Å². The molecule has 1 aromatic carbocycles. The highest BCUT2D eigenvalue weighted by molar-refractivity contribution is 5.93. The Balaban J connectivity index is 2.09. The number of hydrogen-bond acceptors (Lipinski definition) is 3. The average molecular weight is 287 g/mol. The summed E-state index contributed by atoms with van der Waals surface area (Å²) in [6.45, 7) is 3.22. The Morgan fingerprint density at radius 3 is 2.86 bits per heavy atom. The zero-order valence-electron chi connectivity index (χ0n) is 12.3. The third-order valence-electron chi connectivity index (χ3n) is 3.65. The Kier molecular flexibility index (Phi) is 5.79. The van der Waals surface area contributed by atoms with E-state index in [2.05, 4.69) is 17.2 Å². The second-order valence-electron chi connectivity index (χ2n) is 5.06. The number of rotatable bonds is 3. The predicted octanol–water partition coefficient (Wildman–Crippen LogP) is 1.96. The molecular weight excluding hydrogens is 266 g/mol. The van der Waals surface area contributed by atoms with Crippen LogP contribution in [0.25, 0.3) is 0 Å². The highest BCUT2D eigenvalue weighted by Crippen LogP contribution is 2.21. The standard InChI is InChI=1S/C17H21NO3/c1-2-14-12-13(4-3-9-19)5-6-16(14)18-17(20)15-7-10-21-11-8-15/h5-6,12,15,19H,2,7-11H2,1H3,(H,18,20). The van der Waals surface area contributed by atoms with Gasteiger partial charge in [0.15, 0.2) is 0 Å². The van der Waals surface area contributed by atoms with E-state index in [0.717, 1.165) is 36.1 Å². The van der Waals surface area contributed by atoms with Gasteiger partial charge in [0.05, 0.1) is 0 Å². The molecule has 1 fully saturated rings. The van der Waals surface area contributed by atoms with Gasteiger partial charge >= 0.3 is 0 Å². The molecule has 21 heavy (non-hydrogen) atoms. The fraction of sp³-hybridized carbons (Fsp3) is 0.471. The number of nitrogens with one attached hydrogen (secondary N) is 1. The zero-order chi connectivity index (χ0) is 15.1. The van der Waals surface area contributed by atoms with Crippen molar-refractivity contribution in [2.75, 3.05) is 25.1 Å². The summed E-state index contributed by atoms with van der Waals surface area (Å²) in [5.74, 6) is 5.63. The summed E-state index contributed by atoms with van der Waals surface area (Å²) >= 11 is 0. The fourth-order valence-corrected chi connectivity index (χ4v) is 2.42. The number of carbonyl (C=O) groups is 1. The van der Waals surface area contributed by atoms with E-state index < -0.39 is 0 Å². The summed E-state index contributed by atoms with van der Waals surface area (Å²) < 4.78 is 5.28. The minimum Gasteiger partial charge on any atom is -0.384 e. The number of aliphatic hydroxyl groups excluding tert-OH is 1. The van der Waals surface area contributed by atoms with Gasteiger partial charge in [-0.05, 0) is 43.0 Å². The van der Waals surface area contributed by atoms with Crippen LogP contribution in [-0.4, -0.2) is 30.8 Å². The lowest BCUT2D eigenvalue weighted by atomic mass is 9.98. The van der Waals surface area contributed by atoms with E-state index in [1.165, 1.54) is 0 Å². The summed E-state index contributed by atoms with van der Waals surface area (Å²) in [5.41, 5.74) is 2.76. The lowest BCUT2D eigenvalue weighted by molar-refractivity contribution is -0.122. The smallest absolute Gasteiger partial charge is 0.227 e. The minimum absolute atomic E-state index is 0.0392. The topological polar surface area (TPSA) is 58.6 Å². The van der Waals surface area contributed by atoms with Crippen LogP contribution in [0.4, 0.5) is 5.69 Å². The van der Waals surface area contributed by atoms with Gasteiger partial charge in [0, 0.05) is 30.4 Å². The normalized spacial score (nSPS) is 15.1. The number of ether oxygens (including phenoxy) is 1. The zero-order valence-corrected chi connectivity index (χ0v) is 12.3. The van der Waals surface area contributed by atoms with Gasteiger partial charge in [-0.15, -0.1) is 0 Å². The average Bonchev–Trinajstić information content (AvgIpc) is 2.54. The van der Waals surface area contributed by atoms with Gasteiger partial charge in [-0.2, -0.15) is 0 Å². The molecule has 112 valence electrons. The Morgan fingerprint density at radius 1 is 1.43 bits per heavy atom. The molecule has 2 rings (SSSR count). The third kappa shape index (κ3) is 4.32. The maximum Gasteiger partial charge on any atom is 0.227 e. The molecular formula is C17H21NO3. The van der Waals surface area contributed by atoms with Gasteiger partial charge in [0.2, 0.25) is 5.91 Å². The molecule has 1 aromatic rings. The van der Waals surface area contributed by atoms with Crippen molar-refractivity contribution < 1.29 is 14.6 Å². The van der Waals surface area contributed by atoms with E-state index in [-0.39, 0.29) is 18.4 Å². The van der Waals surface area contributed by atoms with Crippen molar-refractivity contribution in [3.63, 3.8) is 0 Å². The first-order valence-corrected chi connectivity index (χ1v) is 7.36. The molecule has 0 radical (unpaired) electrons. The molecule has 0 aromatic heterocycles. The molecule has 2 N–H and O–H groups in total. The maximum atomic E-state index is 12.3. The van der Waals surface area contributed by atoms with Crippen LogP contribution < -0.4 is 5.32 Å². The Bertz CT molecular complexity index is 551. The van der Waals surface area contributed by atoms with E-state index in [1.807, 2.05) is 25.1 Å². The summed E-state index contributed by atoms with van der Waals surface area (Å²) in [5, 5.41) is 11.8. The van der Waals surface area contributed by atoms with Gasteiger partial charge in [-0.1, -0.05) is 18.8 Å². The van der Waals surface area contributed by atoms with Crippen LogP contribution in [0.3, 0.4) is 0 Å². The molecule has 1 aliphatic heterocycles. The number of benzene rings is 1. The molecule has 1 amide bonds. The molecule has 1 saturated heterocycles.